The minimum atomic E-state index is 0.207. The summed E-state index contributed by atoms with van der Waals surface area (Å²) >= 11 is 5.41. The fraction of sp³-hybridized carbons (Fsp3) is 0.562. The fourth-order valence-electron chi connectivity index (χ4n) is 2.55. The SMILES string of the molecule is CCCCCC(C)(C)Cn1c(-c2ccncc2)n[nH]c1=S. The quantitative estimate of drug-likeness (QED) is 0.600. The van der Waals surface area contributed by atoms with Crippen molar-refractivity contribution in [2.45, 2.75) is 53.0 Å². The first-order valence-corrected chi connectivity index (χ1v) is 8.00. The molecule has 5 heteroatoms. The molecule has 2 aromatic heterocycles. The van der Waals surface area contributed by atoms with Crippen molar-refractivity contribution in [3.05, 3.63) is 29.3 Å². The first kappa shape index (κ1) is 15.9. The average molecular weight is 304 g/mol. The highest BCUT2D eigenvalue weighted by Gasteiger charge is 2.21. The van der Waals surface area contributed by atoms with Crippen LogP contribution < -0.4 is 0 Å². The van der Waals surface area contributed by atoms with Crippen LogP contribution in [0.4, 0.5) is 0 Å². The highest BCUT2D eigenvalue weighted by atomic mass is 32.1. The minimum Gasteiger partial charge on any atom is -0.300 e. The van der Waals surface area contributed by atoms with E-state index in [-0.39, 0.29) is 5.41 Å². The maximum Gasteiger partial charge on any atom is 0.195 e. The van der Waals surface area contributed by atoms with Crippen molar-refractivity contribution >= 4 is 12.2 Å². The van der Waals surface area contributed by atoms with Crippen LogP contribution in [0.1, 0.15) is 46.5 Å². The van der Waals surface area contributed by atoms with Gasteiger partial charge in [-0.1, -0.05) is 40.0 Å². The van der Waals surface area contributed by atoms with Crippen molar-refractivity contribution in [2.75, 3.05) is 0 Å². The molecule has 0 radical (unpaired) electrons. The Morgan fingerprint density at radius 2 is 1.95 bits per heavy atom. The summed E-state index contributed by atoms with van der Waals surface area (Å²) in [7, 11) is 0. The van der Waals surface area contributed by atoms with Gasteiger partial charge in [0.2, 0.25) is 0 Å². The van der Waals surface area contributed by atoms with Crippen molar-refractivity contribution < 1.29 is 0 Å². The third kappa shape index (κ3) is 4.24. The normalized spacial score (nSPS) is 11.8. The Kier molecular flexibility index (Phi) is 5.28. The third-order valence-electron chi connectivity index (χ3n) is 3.74. The molecule has 0 aliphatic rings. The largest absolute Gasteiger partial charge is 0.300 e. The number of nitrogens with one attached hydrogen (secondary N) is 1. The number of hydrogen-bond donors (Lipinski definition) is 1. The molecule has 2 heterocycles. The number of unbranched alkanes of at least 4 members (excludes halogenated alkanes) is 2. The number of aromatic nitrogens is 4. The molecule has 21 heavy (non-hydrogen) atoms. The molecule has 4 nitrogen and oxygen atoms in total. The molecule has 0 aliphatic heterocycles. The van der Waals surface area contributed by atoms with Gasteiger partial charge in [-0.2, -0.15) is 5.10 Å². The van der Waals surface area contributed by atoms with Crippen LogP contribution in [-0.4, -0.2) is 19.7 Å². The van der Waals surface area contributed by atoms with Crippen molar-refractivity contribution in [3.8, 4) is 11.4 Å². The lowest BCUT2D eigenvalue weighted by atomic mass is 9.86. The van der Waals surface area contributed by atoms with Crippen LogP contribution in [0.15, 0.2) is 24.5 Å². The Morgan fingerprint density at radius 1 is 1.24 bits per heavy atom. The van der Waals surface area contributed by atoms with Gasteiger partial charge >= 0.3 is 0 Å². The summed E-state index contributed by atoms with van der Waals surface area (Å²) in [5, 5.41) is 7.31. The first-order chi connectivity index (χ1) is 10.0. The average Bonchev–Trinajstić information content (AvgIpc) is 2.81. The number of aromatic amines is 1. The Morgan fingerprint density at radius 3 is 2.62 bits per heavy atom. The standard InChI is InChI=1S/C16H24N4S/c1-4-5-6-9-16(2,3)12-20-14(18-19-15(20)21)13-7-10-17-11-8-13/h7-8,10-11H,4-6,9,12H2,1-3H3,(H,19,21). The second kappa shape index (κ2) is 6.98. The first-order valence-electron chi connectivity index (χ1n) is 7.59. The molecule has 0 spiro atoms. The smallest absolute Gasteiger partial charge is 0.195 e. The Bertz CT molecular complexity index is 613. The van der Waals surface area contributed by atoms with Gasteiger partial charge in [0.15, 0.2) is 10.6 Å². The summed E-state index contributed by atoms with van der Waals surface area (Å²) in [5.74, 6) is 0.894. The van der Waals surface area contributed by atoms with E-state index in [9.17, 15) is 0 Å². The maximum absolute atomic E-state index is 5.41. The maximum atomic E-state index is 5.41. The summed E-state index contributed by atoms with van der Waals surface area (Å²) in [6, 6.07) is 3.93. The highest BCUT2D eigenvalue weighted by Crippen LogP contribution is 2.28. The predicted molar refractivity (Wildman–Crippen MR) is 88.6 cm³/mol. The molecule has 0 fully saturated rings. The second-order valence-corrected chi connectivity index (χ2v) is 6.68. The lowest BCUT2D eigenvalue weighted by Gasteiger charge is -2.25. The number of hydrogen-bond acceptors (Lipinski definition) is 3. The van der Waals surface area contributed by atoms with E-state index in [1.165, 1.54) is 25.7 Å². The van der Waals surface area contributed by atoms with Crippen LogP contribution in [0.5, 0.6) is 0 Å². The Hall–Kier alpha value is -1.49. The van der Waals surface area contributed by atoms with E-state index in [2.05, 4.69) is 40.5 Å². The van der Waals surface area contributed by atoms with E-state index in [0.717, 1.165) is 17.9 Å². The van der Waals surface area contributed by atoms with Crippen molar-refractivity contribution in [1.29, 1.82) is 0 Å². The molecule has 0 aromatic carbocycles. The topological polar surface area (TPSA) is 46.5 Å². The molecule has 2 rings (SSSR count). The van der Waals surface area contributed by atoms with E-state index in [4.69, 9.17) is 12.2 Å². The molecule has 114 valence electrons. The van der Waals surface area contributed by atoms with E-state index < -0.39 is 0 Å². The summed E-state index contributed by atoms with van der Waals surface area (Å²) < 4.78 is 2.79. The van der Waals surface area contributed by atoms with Gasteiger partial charge in [0, 0.05) is 24.5 Å². The van der Waals surface area contributed by atoms with Gasteiger partial charge < -0.3 is 0 Å². The van der Waals surface area contributed by atoms with E-state index >= 15 is 0 Å². The van der Waals surface area contributed by atoms with Crippen LogP contribution in [-0.2, 0) is 6.54 Å². The molecule has 0 bridgehead atoms. The number of nitrogens with zero attached hydrogens (tertiary/aromatic N) is 3. The zero-order chi connectivity index (χ0) is 15.3. The number of rotatable bonds is 7. The van der Waals surface area contributed by atoms with Gasteiger partial charge in [-0.25, -0.2) is 0 Å². The Labute approximate surface area is 131 Å². The number of H-pyrrole nitrogens is 1. The fourth-order valence-corrected chi connectivity index (χ4v) is 2.74. The lowest BCUT2D eigenvalue weighted by Crippen LogP contribution is -2.20. The zero-order valence-corrected chi connectivity index (χ0v) is 13.9. The molecule has 0 amide bonds. The molecule has 1 N–H and O–H groups in total. The summed E-state index contributed by atoms with van der Waals surface area (Å²) in [4.78, 5) is 4.06. The van der Waals surface area contributed by atoms with Gasteiger partial charge in [0.25, 0.3) is 0 Å². The molecule has 0 aliphatic carbocycles. The van der Waals surface area contributed by atoms with Crippen LogP contribution >= 0.6 is 12.2 Å². The van der Waals surface area contributed by atoms with Crippen LogP contribution in [0.2, 0.25) is 0 Å². The van der Waals surface area contributed by atoms with Crippen molar-refractivity contribution in [1.82, 2.24) is 19.7 Å². The minimum absolute atomic E-state index is 0.207. The summed E-state index contributed by atoms with van der Waals surface area (Å²) in [5.41, 5.74) is 1.25. The van der Waals surface area contributed by atoms with Crippen LogP contribution in [0, 0.1) is 10.2 Å². The summed E-state index contributed by atoms with van der Waals surface area (Å²) in [6.07, 6.45) is 8.57. The zero-order valence-electron chi connectivity index (χ0n) is 13.1. The van der Waals surface area contributed by atoms with Gasteiger partial charge in [-0.15, -0.1) is 0 Å². The van der Waals surface area contributed by atoms with E-state index in [1.54, 1.807) is 12.4 Å². The highest BCUT2D eigenvalue weighted by molar-refractivity contribution is 7.71. The molecular formula is C16H24N4S. The number of pyridine rings is 1. The monoisotopic (exact) mass is 304 g/mol. The molecule has 0 atom stereocenters. The van der Waals surface area contributed by atoms with Gasteiger partial charge in [-0.3, -0.25) is 14.6 Å². The molecule has 0 saturated carbocycles. The predicted octanol–water partition coefficient (Wildman–Crippen LogP) is 4.61. The second-order valence-electron chi connectivity index (χ2n) is 6.30. The van der Waals surface area contributed by atoms with Gasteiger partial charge in [-0.05, 0) is 36.2 Å². The molecule has 0 unspecified atom stereocenters. The molecular weight excluding hydrogens is 280 g/mol. The van der Waals surface area contributed by atoms with E-state index in [0.29, 0.717) is 4.77 Å². The molecule has 2 aromatic rings. The van der Waals surface area contributed by atoms with Crippen molar-refractivity contribution in [2.24, 2.45) is 5.41 Å². The summed E-state index contributed by atoms with van der Waals surface area (Å²) in [6.45, 7) is 7.71. The molecule has 0 saturated heterocycles. The van der Waals surface area contributed by atoms with Crippen LogP contribution in [0.3, 0.4) is 0 Å². The van der Waals surface area contributed by atoms with Crippen LogP contribution in [0.25, 0.3) is 11.4 Å². The Balaban J connectivity index is 2.21. The van der Waals surface area contributed by atoms with Gasteiger partial charge in [0.1, 0.15) is 0 Å². The van der Waals surface area contributed by atoms with Crippen molar-refractivity contribution in [3.63, 3.8) is 0 Å². The third-order valence-corrected chi connectivity index (χ3v) is 4.05. The van der Waals surface area contributed by atoms with Gasteiger partial charge in [0.05, 0.1) is 0 Å². The van der Waals surface area contributed by atoms with E-state index in [1.807, 2.05) is 12.1 Å². The lowest BCUT2D eigenvalue weighted by molar-refractivity contribution is 0.271.